The number of anilines is 1. The molecule has 1 aromatic rings. The van der Waals surface area contributed by atoms with E-state index in [2.05, 4.69) is 17.4 Å². The minimum Gasteiger partial charge on any atom is -0.373 e. The van der Waals surface area contributed by atoms with Crippen LogP contribution in [0.5, 0.6) is 0 Å². The van der Waals surface area contributed by atoms with Crippen LogP contribution in [0, 0.1) is 0 Å². The molecule has 4 heteroatoms. The number of carbonyl (C=O) groups is 1. The van der Waals surface area contributed by atoms with Crippen LogP contribution in [0.25, 0.3) is 0 Å². The van der Waals surface area contributed by atoms with Crippen LogP contribution in [0.4, 0.5) is 5.69 Å². The van der Waals surface area contributed by atoms with E-state index in [9.17, 15) is 4.79 Å². The van der Waals surface area contributed by atoms with Crippen LogP contribution in [-0.2, 0) is 11.2 Å². The van der Waals surface area contributed by atoms with E-state index in [1.807, 2.05) is 28.8 Å². The van der Waals surface area contributed by atoms with Gasteiger partial charge in [0.15, 0.2) is 0 Å². The molecule has 96 valence electrons. The first-order valence-electron chi connectivity index (χ1n) is 6.55. The first kappa shape index (κ1) is 11.9. The topological polar surface area (TPSA) is 32.3 Å². The highest BCUT2D eigenvalue weighted by Crippen LogP contribution is 2.26. The lowest BCUT2D eigenvalue weighted by atomic mass is 10.1. The van der Waals surface area contributed by atoms with Crippen LogP contribution in [0.2, 0.25) is 0 Å². The first-order valence-corrected chi connectivity index (χ1v) is 7.71. The Hall–Kier alpha value is -1.16. The maximum Gasteiger partial charge on any atom is 0.245 e. The molecule has 1 aromatic carbocycles. The smallest absolute Gasteiger partial charge is 0.245 e. The van der Waals surface area contributed by atoms with Crippen LogP contribution in [0.15, 0.2) is 24.3 Å². The zero-order valence-corrected chi connectivity index (χ0v) is 11.2. The number of carbonyl (C=O) groups excluding carboxylic acids is 1. The zero-order chi connectivity index (χ0) is 12.4. The quantitative estimate of drug-likeness (QED) is 0.840. The van der Waals surface area contributed by atoms with Crippen molar-refractivity contribution in [2.75, 3.05) is 29.9 Å². The maximum atomic E-state index is 12.5. The zero-order valence-electron chi connectivity index (χ0n) is 10.4. The molecule has 3 nitrogen and oxygen atoms in total. The molecule has 0 radical (unpaired) electrons. The van der Waals surface area contributed by atoms with Gasteiger partial charge in [-0.25, -0.2) is 0 Å². The Kier molecular flexibility index (Phi) is 3.46. The Balaban J connectivity index is 1.68. The molecule has 0 aliphatic carbocycles. The van der Waals surface area contributed by atoms with E-state index in [0.717, 1.165) is 37.4 Å². The van der Waals surface area contributed by atoms with Gasteiger partial charge in [-0.15, -0.1) is 0 Å². The lowest BCUT2D eigenvalue weighted by Gasteiger charge is -2.23. The second-order valence-corrected chi connectivity index (χ2v) is 6.07. The monoisotopic (exact) mass is 262 g/mol. The standard InChI is InChI=1S/C14H18N2OS/c17-14(16-6-3-8-18-9-7-16)13-10-11-4-1-2-5-12(11)15-13/h1-2,4-5,13,15H,3,6-10H2. The van der Waals surface area contributed by atoms with E-state index in [1.54, 1.807) is 0 Å². The Morgan fingerprint density at radius 1 is 1.28 bits per heavy atom. The molecule has 0 spiro atoms. The summed E-state index contributed by atoms with van der Waals surface area (Å²) < 4.78 is 0. The molecule has 3 rings (SSSR count). The molecule has 1 fully saturated rings. The van der Waals surface area contributed by atoms with Gasteiger partial charge >= 0.3 is 0 Å². The van der Waals surface area contributed by atoms with E-state index in [4.69, 9.17) is 0 Å². The predicted octanol–water partition coefficient (Wildman–Crippen LogP) is 1.99. The normalized spacial score (nSPS) is 23.1. The molecule has 1 atom stereocenters. The number of amides is 1. The van der Waals surface area contributed by atoms with Gasteiger partial charge in [0.1, 0.15) is 6.04 Å². The fraction of sp³-hybridized carbons (Fsp3) is 0.500. The summed E-state index contributed by atoms with van der Waals surface area (Å²) in [6, 6.07) is 8.16. The van der Waals surface area contributed by atoms with E-state index in [1.165, 1.54) is 11.3 Å². The molecule has 1 amide bonds. The van der Waals surface area contributed by atoms with Crippen LogP contribution < -0.4 is 5.32 Å². The van der Waals surface area contributed by atoms with Crippen LogP contribution in [0.1, 0.15) is 12.0 Å². The number of thioether (sulfide) groups is 1. The highest BCUT2D eigenvalue weighted by atomic mass is 32.2. The van der Waals surface area contributed by atoms with Gasteiger partial charge in [-0.2, -0.15) is 11.8 Å². The van der Waals surface area contributed by atoms with E-state index in [-0.39, 0.29) is 11.9 Å². The van der Waals surface area contributed by atoms with Gasteiger partial charge in [0, 0.05) is 31.0 Å². The summed E-state index contributed by atoms with van der Waals surface area (Å²) in [5.41, 5.74) is 2.39. The SMILES string of the molecule is O=C(C1Cc2ccccc2N1)N1CCCSCC1. The third-order valence-corrected chi connectivity index (χ3v) is 4.65. The van der Waals surface area contributed by atoms with Crippen molar-refractivity contribution in [3.05, 3.63) is 29.8 Å². The van der Waals surface area contributed by atoms with Gasteiger partial charge in [0.25, 0.3) is 0 Å². The number of para-hydroxylation sites is 1. The van der Waals surface area contributed by atoms with E-state index < -0.39 is 0 Å². The Labute approximate surface area is 112 Å². The van der Waals surface area contributed by atoms with Crippen molar-refractivity contribution < 1.29 is 4.79 Å². The molecule has 0 aromatic heterocycles. The highest BCUT2D eigenvalue weighted by Gasteiger charge is 2.30. The number of rotatable bonds is 1. The van der Waals surface area contributed by atoms with Crippen molar-refractivity contribution in [3.8, 4) is 0 Å². The number of fused-ring (bicyclic) bond motifs is 1. The lowest BCUT2D eigenvalue weighted by Crippen LogP contribution is -2.43. The number of benzene rings is 1. The second-order valence-electron chi connectivity index (χ2n) is 4.85. The molecule has 1 saturated heterocycles. The predicted molar refractivity (Wildman–Crippen MR) is 76.1 cm³/mol. The maximum absolute atomic E-state index is 12.5. The summed E-state index contributed by atoms with van der Waals surface area (Å²) in [6.45, 7) is 1.82. The summed E-state index contributed by atoms with van der Waals surface area (Å²) in [7, 11) is 0. The molecule has 1 N–H and O–H groups in total. The third-order valence-electron chi connectivity index (χ3n) is 3.60. The lowest BCUT2D eigenvalue weighted by molar-refractivity contribution is -0.131. The van der Waals surface area contributed by atoms with Gasteiger partial charge in [0.2, 0.25) is 5.91 Å². The van der Waals surface area contributed by atoms with Crippen LogP contribution in [-0.4, -0.2) is 41.4 Å². The third kappa shape index (κ3) is 2.34. The molecule has 18 heavy (non-hydrogen) atoms. The largest absolute Gasteiger partial charge is 0.373 e. The fourth-order valence-corrected chi connectivity index (χ4v) is 3.52. The minimum atomic E-state index is -0.0505. The molecule has 2 aliphatic heterocycles. The Morgan fingerprint density at radius 2 is 2.17 bits per heavy atom. The summed E-state index contributed by atoms with van der Waals surface area (Å²) >= 11 is 1.95. The average Bonchev–Trinajstić information content (AvgIpc) is 2.64. The van der Waals surface area contributed by atoms with Crippen molar-refractivity contribution in [2.45, 2.75) is 18.9 Å². The Morgan fingerprint density at radius 3 is 3.06 bits per heavy atom. The van der Waals surface area contributed by atoms with E-state index >= 15 is 0 Å². The molecule has 1 unspecified atom stereocenters. The number of nitrogens with zero attached hydrogens (tertiary/aromatic N) is 1. The minimum absolute atomic E-state index is 0.0505. The molecular weight excluding hydrogens is 244 g/mol. The summed E-state index contributed by atoms with van der Waals surface area (Å²) in [5, 5.41) is 3.35. The van der Waals surface area contributed by atoms with Crippen molar-refractivity contribution in [1.82, 2.24) is 4.90 Å². The van der Waals surface area contributed by atoms with Gasteiger partial charge < -0.3 is 10.2 Å². The van der Waals surface area contributed by atoms with Crippen molar-refractivity contribution in [3.63, 3.8) is 0 Å². The summed E-state index contributed by atoms with van der Waals surface area (Å²) in [6.07, 6.45) is 1.95. The van der Waals surface area contributed by atoms with Gasteiger partial charge in [-0.3, -0.25) is 4.79 Å². The average molecular weight is 262 g/mol. The fourth-order valence-electron chi connectivity index (χ4n) is 2.63. The molecule has 2 aliphatic rings. The van der Waals surface area contributed by atoms with Crippen molar-refractivity contribution in [2.24, 2.45) is 0 Å². The molecular formula is C14H18N2OS. The summed E-state index contributed by atoms with van der Waals surface area (Å²) in [4.78, 5) is 14.5. The number of hydrogen-bond donors (Lipinski definition) is 1. The Bertz CT molecular complexity index is 416. The van der Waals surface area contributed by atoms with Gasteiger partial charge in [-0.1, -0.05) is 18.2 Å². The molecule has 0 saturated carbocycles. The van der Waals surface area contributed by atoms with Crippen molar-refractivity contribution in [1.29, 1.82) is 0 Å². The molecule has 0 bridgehead atoms. The van der Waals surface area contributed by atoms with Gasteiger partial charge in [0.05, 0.1) is 0 Å². The van der Waals surface area contributed by atoms with Crippen molar-refractivity contribution >= 4 is 23.4 Å². The molecule has 2 heterocycles. The second kappa shape index (κ2) is 5.22. The highest BCUT2D eigenvalue weighted by molar-refractivity contribution is 7.99. The van der Waals surface area contributed by atoms with Crippen LogP contribution in [0.3, 0.4) is 0 Å². The number of nitrogens with one attached hydrogen (secondary N) is 1. The first-order chi connectivity index (χ1) is 8.84. The summed E-state index contributed by atoms with van der Waals surface area (Å²) in [5.74, 6) is 2.53. The number of hydrogen-bond acceptors (Lipinski definition) is 3. The van der Waals surface area contributed by atoms with E-state index in [0.29, 0.717) is 0 Å². The van der Waals surface area contributed by atoms with Crippen LogP contribution >= 0.6 is 11.8 Å². The van der Waals surface area contributed by atoms with Gasteiger partial charge in [-0.05, 0) is 23.8 Å².